The highest BCUT2D eigenvalue weighted by atomic mass is 79.9. The number of ether oxygens (including phenoxy) is 2. The summed E-state index contributed by atoms with van der Waals surface area (Å²) in [5, 5.41) is 3.21. The van der Waals surface area contributed by atoms with Gasteiger partial charge in [-0.2, -0.15) is 0 Å². The van der Waals surface area contributed by atoms with Crippen molar-refractivity contribution < 1.29 is 14.3 Å². The normalized spacial score (nSPS) is 12.3. The average molecular weight is 330 g/mol. The van der Waals surface area contributed by atoms with Gasteiger partial charge in [0, 0.05) is 6.04 Å². The molecular formula is C14H20BrNO3. The minimum atomic E-state index is -0.470. The van der Waals surface area contributed by atoms with Crippen molar-refractivity contribution in [2.45, 2.75) is 32.9 Å². The first-order chi connectivity index (χ1) is 8.99. The Morgan fingerprint density at radius 1 is 1.42 bits per heavy atom. The standard InChI is InChI=1S/C14H20BrNO3/c1-5-19-14(17)13(16-9(2)3)10-6-7-12(18-4)11(15)8-10/h6-9,13,16H,5H2,1-4H3. The fourth-order valence-corrected chi connectivity index (χ4v) is 2.28. The fraction of sp³-hybridized carbons (Fsp3) is 0.500. The highest BCUT2D eigenvalue weighted by Crippen LogP contribution is 2.28. The van der Waals surface area contributed by atoms with E-state index >= 15 is 0 Å². The van der Waals surface area contributed by atoms with E-state index in [-0.39, 0.29) is 12.0 Å². The smallest absolute Gasteiger partial charge is 0.327 e. The van der Waals surface area contributed by atoms with E-state index < -0.39 is 6.04 Å². The van der Waals surface area contributed by atoms with Gasteiger partial charge in [-0.25, -0.2) is 4.79 Å². The van der Waals surface area contributed by atoms with E-state index in [0.29, 0.717) is 6.61 Å². The van der Waals surface area contributed by atoms with Crippen LogP contribution in [0.2, 0.25) is 0 Å². The van der Waals surface area contributed by atoms with Gasteiger partial charge in [-0.1, -0.05) is 6.07 Å². The molecule has 0 saturated carbocycles. The van der Waals surface area contributed by atoms with Crippen molar-refractivity contribution in [3.8, 4) is 5.75 Å². The molecule has 1 N–H and O–H groups in total. The van der Waals surface area contributed by atoms with E-state index in [1.807, 2.05) is 32.0 Å². The predicted molar refractivity (Wildman–Crippen MR) is 78.3 cm³/mol. The predicted octanol–water partition coefficient (Wildman–Crippen LogP) is 3.06. The first kappa shape index (κ1) is 16.0. The lowest BCUT2D eigenvalue weighted by Gasteiger charge is -2.20. The van der Waals surface area contributed by atoms with E-state index in [9.17, 15) is 4.79 Å². The summed E-state index contributed by atoms with van der Waals surface area (Å²) >= 11 is 3.43. The van der Waals surface area contributed by atoms with Crippen molar-refractivity contribution in [2.24, 2.45) is 0 Å². The van der Waals surface area contributed by atoms with Gasteiger partial charge in [0.25, 0.3) is 0 Å². The van der Waals surface area contributed by atoms with Crippen LogP contribution in [0, 0.1) is 0 Å². The largest absolute Gasteiger partial charge is 0.496 e. The third kappa shape index (κ3) is 4.51. The Labute approximate surface area is 122 Å². The van der Waals surface area contributed by atoms with Crippen molar-refractivity contribution in [1.29, 1.82) is 0 Å². The lowest BCUT2D eigenvalue weighted by molar-refractivity contribution is -0.146. The van der Waals surface area contributed by atoms with Crippen LogP contribution in [0.3, 0.4) is 0 Å². The summed E-state index contributed by atoms with van der Waals surface area (Å²) < 4.78 is 11.1. The number of hydrogen-bond donors (Lipinski definition) is 1. The van der Waals surface area contributed by atoms with E-state index in [1.54, 1.807) is 14.0 Å². The Bertz CT molecular complexity index is 435. The second-order valence-electron chi connectivity index (χ2n) is 4.40. The zero-order chi connectivity index (χ0) is 14.4. The minimum Gasteiger partial charge on any atom is -0.496 e. The SMILES string of the molecule is CCOC(=O)C(NC(C)C)c1ccc(OC)c(Br)c1. The monoisotopic (exact) mass is 329 g/mol. The Kier molecular flexibility index (Phi) is 6.31. The number of nitrogens with one attached hydrogen (secondary N) is 1. The van der Waals surface area contributed by atoms with E-state index in [1.165, 1.54) is 0 Å². The van der Waals surface area contributed by atoms with Crippen molar-refractivity contribution in [3.05, 3.63) is 28.2 Å². The molecule has 0 fully saturated rings. The minimum absolute atomic E-state index is 0.176. The second kappa shape index (κ2) is 7.50. The van der Waals surface area contributed by atoms with Crippen LogP contribution in [-0.4, -0.2) is 25.7 Å². The summed E-state index contributed by atoms with van der Waals surface area (Å²) in [7, 11) is 1.61. The number of rotatable bonds is 6. The van der Waals surface area contributed by atoms with Crippen LogP contribution in [0.5, 0.6) is 5.75 Å². The van der Waals surface area contributed by atoms with Crippen LogP contribution in [0.1, 0.15) is 32.4 Å². The molecule has 0 aromatic heterocycles. The third-order valence-electron chi connectivity index (χ3n) is 2.53. The third-order valence-corrected chi connectivity index (χ3v) is 3.15. The summed E-state index contributed by atoms with van der Waals surface area (Å²) in [6.07, 6.45) is 0. The molecule has 4 nitrogen and oxygen atoms in total. The van der Waals surface area contributed by atoms with Gasteiger partial charge in [-0.05, 0) is 54.4 Å². The number of carbonyl (C=O) groups is 1. The molecule has 0 aliphatic heterocycles. The number of carbonyl (C=O) groups excluding carboxylic acids is 1. The first-order valence-corrected chi connectivity index (χ1v) is 7.05. The lowest BCUT2D eigenvalue weighted by Crippen LogP contribution is -2.34. The molecule has 0 aliphatic carbocycles. The Balaban J connectivity index is 3.03. The Hall–Kier alpha value is -1.07. The molecule has 0 saturated heterocycles. The van der Waals surface area contributed by atoms with Crippen molar-refractivity contribution in [1.82, 2.24) is 5.32 Å². The summed E-state index contributed by atoms with van der Waals surface area (Å²) in [6.45, 7) is 6.15. The molecule has 5 heteroatoms. The molecule has 19 heavy (non-hydrogen) atoms. The molecule has 1 rings (SSSR count). The molecule has 1 unspecified atom stereocenters. The topological polar surface area (TPSA) is 47.6 Å². The maximum Gasteiger partial charge on any atom is 0.327 e. The molecule has 1 aromatic carbocycles. The molecule has 0 spiro atoms. The second-order valence-corrected chi connectivity index (χ2v) is 5.25. The molecule has 0 heterocycles. The average Bonchev–Trinajstić information content (AvgIpc) is 2.36. The van der Waals surface area contributed by atoms with Gasteiger partial charge in [0.1, 0.15) is 11.8 Å². The van der Waals surface area contributed by atoms with Gasteiger partial charge >= 0.3 is 5.97 Å². The lowest BCUT2D eigenvalue weighted by atomic mass is 10.1. The molecule has 0 aliphatic rings. The van der Waals surface area contributed by atoms with E-state index in [2.05, 4.69) is 21.2 Å². The highest BCUT2D eigenvalue weighted by molar-refractivity contribution is 9.10. The Morgan fingerprint density at radius 2 is 2.11 bits per heavy atom. The molecular weight excluding hydrogens is 310 g/mol. The van der Waals surface area contributed by atoms with Crippen LogP contribution >= 0.6 is 15.9 Å². The summed E-state index contributed by atoms with van der Waals surface area (Å²) in [4.78, 5) is 12.0. The number of benzene rings is 1. The molecule has 0 amide bonds. The van der Waals surface area contributed by atoms with Gasteiger partial charge in [-0.15, -0.1) is 0 Å². The van der Waals surface area contributed by atoms with E-state index in [4.69, 9.17) is 9.47 Å². The van der Waals surface area contributed by atoms with E-state index in [0.717, 1.165) is 15.8 Å². The first-order valence-electron chi connectivity index (χ1n) is 6.25. The molecule has 106 valence electrons. The maximum absolute atomic E-state index is 12.0. The molecule has 0 radical (unpaired) electrons. The fourth-order valence-electron chi connectivity index (χ4n) is 1.72. The number of methoxy groups -OCH3 is 1. The summed E-state index contributed by atoms with van der Waals surface area (Å²) in [6, 6.07) is 5.27. The maximum atomic E-state index is 12.0. The van der Waals surface area contributed by atoms with Crippen LogP contribution in [0.15, 0.2) is 22.7 Å². The Morgan fingerprint density at radius 3 is 2.58 bits per heavy atom. The zero-order valence-electron chi connectivity index (χ0n) is 11.7. The number of hydrogen-bond acceptors (Lipinski definition) is 4. The van der Waals surface area contributed by atoms with Crippen molar-refractivity contribution in [3.63, 3.8) is 0 Å². The molecule has 1 aromatic rings. The molecule has 0 bridgehead atoms. The van der Waals surface area contributed by atoms with Gasteiger partial charge < -0.3 is 9.47 Å². The molecule has 1 atom stereocenters. The van der Waals surface area contributed by atoms with Gasteiger partial charge in [0.15, 0.2) is 0 Å². The summed E-state index contributed by atoms with van der Waals surface area (Å²) in [5.41, 5.74) is 0.847. The van der Waals surface area contributed by atoms with Crippen molar-refractivity contribution in [2.75, 3.05) is 13.7 Å². The number of esters is 1. The highest BCUT2D eigenvalue weighted by Gasteiger charge is 2.23. The zero-order valence-corrected chi connectivity index (χ0v) is 13.3. The van der Waals surface area contributed by atoms with Crippen molar-refractivity contribution >= 4 is 21.9 Å². The van der Waals surface area contributed by atoms with Gasteiger partial charge in [-0.3, -0.25) is 5.32 Å². The quantitative estimate of drug-likeness (QED) is 0.815. The van der Waals surface area contributed by atoms with Gasteiger partial charge in [0.05, 0.1) is 18.2 Å². The van der Waals surface area contributed by atoms with Crippen LogP contribution in [0.25, 0.3) is 0 Å². The van der Waals surface area contributed by atoms with Gasteiger partial charge in [0.2, 0.25) is 0 Å². The van der Waals surface area contributed by atoms with Crippen LogP contribution in [-0.2, 0) is 9.53 Å². The summed E-state index contributed by atoms with van der Waals surface area (Å²) in [5.74, 6) is 0.462. The van der Waals surface area contributed by atoms with Crippen LogP contribution < -0.4 is 10.1 Å². The number of halogens is 1. The van der Waals surface area contributed by atoms with Crippen LogP contribution in [0.4, 0.5) is 0 Å².